The quantitative estimate of drug-likeness (QED) is 0.592. The first kappa shape index (κ1) is 20.5. The zero-order valence-electron chi connectivity index (χ0n) is 14.7. The molecular formula is C19H17BrCl2N2O2S. The largest absolute Gasteiger partial charge is 0.271 e. The molecule has 1 amide bonds. The lowest BCUT2D eigenvalue weighted by atomic mass is 9.93. The molecule has 0 fully saturated rings. The normalized spacial score (nSPS) is 20.7. The molecule has 0 radical (unpaired) electrons. The van der Waals surface area contributed by atoms with Crippen LogP contribution >= 0.6 is 39.1 Å². The maximum absolute atomic E-state index is 13.3. The minimum atomic E-state index is -1.41. The van der Waals surface area contributed by atoms with E-state index in [0.29, 0.717) is 27.9 Å². The van der Waals surface area contributed by atoms with Crippen molar-refractivity contribution in [3.63, 3.8) is 0 Å². The molecule has 0 N–H and O–H groups in total. The third-order valence-electron chi connectivity index (χ3n) is 4.23. The summed E-state index contributed by atoms with van der Waals surface area (Å²) in [5.41, 5.74) is 0.381. The van der Waals surface area contributed by atoms with Crippen molar-refractivity contribution in [3.05, 3.63) is 62.5 Å². The molecule has 1 heterocycles. The standard InChI is InChI=1S/C19H17BrCl2N2O2S/c1-3-27(26)18-23-19(2,11-12-4-6-13(20)7-5-12)17(25)24(18)16-9-14(21)8-15(22)10-16/h4-10H,3,11H2,1-2H3. The number of aliphatic imine (C=N–C) groups is 1. The molecular weight excluding hydrogens is 471 g/mol. The van der Waals surface area contributed by atoms with Gasteiger partial charge in [-0.1, -0.05) is 58.2 Å². The average Bonchev–Trinajstić information content (AvgIpc) is 2.87. The molecule has 3 rings (SSSR count). The van der Waals surface area contributed by atoms with Crippen molar-refractivity contribution in [2.45, 2.75) is 25.8 Å². The summed E-state index contributed by atoms with van der Waals surface area (Å²) >= 11 is 15.6. The van der Waals surface area contributed by atoms with E-state index in [1.165, 1.54) is 4.90 Å². The molecule has 0 aromatic heterocycles. The number of anilines is 1. The van der Waals surface area contributed by atoms with Gasteiger partial charge < -0.3 is 0 Å². The molecule has 142 valence electrons. The van der Waals surface area contributed by atoms with Gasteiger partial charge in [-0.05, 0) is 42.8 Å². The second kappa shape index (κ2) is 8.03. The fourth-order valence-corrected chi connectivity index (χ4v) is 4.66. The van der Waals surface area contributed by atoms with E-state index in [1.54, 1.807) is 32.0 Å². The van der Waals surface area contributed by atoms with E-state index < -0.39 is 16.3 Å². The maximum Gasteiger partial charge on any atom is 0.261 e. The summed E-state index contributed by atoms with van der Waals surface area (Å²) in [6, 6.07) is 12.5. The van der Waals surface area contributed by atoms with Crippen molar-refractivity contribution in [1.82, 2.24) is 0 Å². The molecule has 0 saturated heterocycles. The summed E-state index contributed by atoms with van der Waals surface area (Å²) < 4.78 is 13.6. The molecule has 2 aromatic rings. The molecule has 8 heteroatoms. The number of hydrogen-bond donors (Lipinski definition) is 0. The molecule has 1 aliphatic rings. The number of benzene rings is 2. The topological polar surface area (TPSA) is 49.7 Å². The van der Waals surface area contributed by atoms with Crippen molar-refractivity contribution in [1.29, 1.82) is 0 Å². The Labute approximate surface area is 179 Å². The third kappa shape index (κ3) is 4.29. The zero-order valence-corrected chi connectivity index (χ0v) is 18.6. The van der Waals surface area contributed by atoms with Crippen molar-refractivity contribution in [2.24, 2.45) is 4.99 Å². The van der Waals surface area contributed by atoms with Crippen LogP contribution in [0.25, 0.3) is 0 Å². The summed E-state index contributed by atoms with van der Waals surface area (Å²) in [6.07, 6.45) is 0.397. The Morgan fingerprint density at radius 2 is 1.74 bits per heavy atom. The van der Waals surface area contributed by atoms with Crippen LogP contribution < -0.4 is 4.90 Å². The fourth-order valence-electron chi connectivity index (χ4n) is 2.93. The second-order valence-corrected chi connectivity index (χ2v) is 9.80. The highest BCUT2D eigenvalue weighted by molar-refractivity contribution is 9.10. The first-order valence-corrected chi connectivity index (χ1v) is 11.1. The van der Waals surface area contributed by atoms with E-state index in [4.69, 9.17) is 23.2 Å². The molecule has 0 aliphatic carbocycles. The Hall–Kier alpha value is -1.21. The van der Waals surface area contributed by atoms with E-state index in [1.807, 2.05) is 24.3 Å². The predicted octanol–water partition coefficient (Wildman–Crippen LogP) is 5.23. The number of amides is 1. The Morgan fingerprint density at radius 1 is 1.15 bits per heavy atom. The van der Waals surface area contributed by atoms with Crippen molar-refractivity contribution >= 4 is 66.7 Å². The number of nitrogens with zero attached hydrogens (tertiary/aromatic N) is 2. The minimum Gasteiger partial charge on any atom is -0.271 e. The monoisotopic (exact) mass is 486 g/mol. The smallest absolute Gasteiger partial charge is 0.261 e. The van der Waals surface area contributed by atoms with Gasteiger partial charge in [0.25, 0.3) is 5.91 Å². The summed E-state index contributed by atoms with van der Waals surface area (Å²) in [5, 5.41) is 1.03. The minimum absolute atomic E-state index is 0.237. The first-order chi connectivity index (χ1) is 12.7. The number of carbonyl (C=O) groups is 1. The van der Waals surface area contributed by atoms with Gasteiger partial charge >= 0.3 is 0 Å². The lowest BCUT2D eigenvalue weighted by molar-refractivity contribution is -0.121. The van der Waals surface area contributed by atoms with Crippen molar-refractivity contribution < 1.29 is 9.00 Å². The van der Waals surface area contributed by atoms with Crippen molar-refractivity contribution in [3.8, 4) is 0 Å². The number of rotatable bonds is 4. The SMILES string of the molecule is CCS(=O)C1=NC(C)(Cc2ccc(Br)cc2)C(=O)N1c1cc(Cl)cc(Cl)c1. The number of halogens is 3. The van der Waals surface area contributed by atoms with Crippen molar-refractivity contribution in [2.75, 3.05) is 10.7 Å². The molecule has 2 aromatic carbocycles. The number of hydrogen-bond acceptors (Lipinski definition) is 3. The Kier molecular flexibility index (Phi) is 6.11. The van der Waals surface area contributed by atoms with Crippen LogP contribution in [0, 0.1) is 0 Å². The molecule has 0 bridgehead atoms. The van der Waals surface area contributed by atoms with Crippen LogP contribution in [0.4, 0.5) is 5.69 Å². The Morgan fingerprint density at radius 3 is 2.30 bits per heavy atom. The Bertz CT molecular complexity index is 929. The van der Waals surface area contributed by atoms with Gasteiger partial charge in [-0.2, -0.15) is 0 Å². The van der Waals surface area contributed by atoms with Crippen LogP contribution in [0.3, 0.4) is 0 Å². The second-order valence-electron chi connectivity index (χ2n) is 6.37. The van der Waals surface area contributed by atoms with Crippen LogP contribution in [-0.4, -0.2) is 26.6 Å². The summed E-state index contributed by atoms with van der Waals surface area (Å²) in [4.78, 5) is 19.3. The van der Waals surface area contributed by atoms with Gasteiger partial charge in [0, 0.05) is 26.7 Å². The zero-order chi connectivity index (χ0) is 19.8. The number of amidine groups is 1. The highest BCUT2D eigenvalue weighted by atomic mass is 79.9. The van der Waals surface area contributed by atoms with E-state index in [-0.39, 0.29) is 11.1 Å². The van der Waals surface area contributed by atoms with E-state index in [9.17, 15) is 9.00 Å². The molecule has 2 atom stereocenters. The summed E-state index contributed by atoms with van der Waals surface area (Å²) in [7, 11) is -1.41. The summed E-state index contributed by atoms with van der Waals surface area (Å²) in [5.74, 6) is 0.103. The van der Waals surface area contributed by atoms with Gasteiger partial charge in [0.2, 0.25) is 5.17 Å². The third-order valence-corrected chi connectivity index (χ3v) is 6.40. The molecule has 0 spiro atoms. The van der Waals surface area contributed by atoms with Crippen LogP contribution in [0.1, 0.15) is 19.4 Å². The van der Waals surface area contributed by atoms with Crippen LogP contribution in [-0.2, 0) is 22.0 Å². The lowest BCUT2D eigenvalue weighted by Crippen LogP contribution is -2.43. The maximum atomic E-state index is 13.3. The summed E-state index contributed by atoms with van der Waals surface area (Å²) in [6.45, 7) is 3.55. The highest BCUT2D eigenvalue weighted by Crippen LogP contribution is 2.34. The highest BCUT2D eigenvalue weighted by Gasteiger charge is 2.47. The Balaban J connectivity index is 2.04. The van der Waals surface area contributed by atoms with Gasteiger partial charge in [0.1, 0.15) is 5.54 Å². The molecule has 27 heavy (non-hydrogen) atoms. The first-order valence-electron chi connectivity index (χ1n) is 8.27. The van der Waals surface area contributed by atoms with E-state index in [0.717, 1.165) is 10.0 Å². The fraction of sp³-hybridized carbons (Fsp3) is 0.263. The van der Waals surface area contributed by atoms with E-state index in [2.05, 4.69) is 20.9 Å². The van der Waals surface area contributed by atoms with Crippen LogP contribution in [0.15, 0.2) is 51.9 Å². The van der Waals surface area contributed by atoms with Crippen LogP contribution in [0.2, 0.25) is 10.0 Å². The van der Waals surface area contributed by atoms with Gasteiger partial charge in [0.05, 0.1) is 16.5 Å². The molecule has 2 unspecified atom stereocenters. The predicted molar refractivity (Wildman–Crippen MR) is 116 cm³/mol. The average molecular weight is 488 g/mol. The van der Waals surface area contributed by atoms with Gasteiger partial charge in [-0.25, -0.2) is 4.99 Å². The van der Waals surface area contributed by atoms with Gasteiger partial charge in [-0.15, -0.1) is 0 Å². The lowest BCUT2D eigenvalue weighted by Gasteiger charge is -2.23. The van der Waals surface area contributed by atoms with E-state index >= 15 is 0 Å². The van der Waals surface area contributed by atoms with Gasteiger partial charge in [0.15, 0.2) is 0 Å². The van der Waals surface area contributed by atoms with Crippen LogP contribution in [0.5, 0.6) is 0 Å². The number of carbonyl (C=O) groups excluding carboxylic acids is 1. The molecule has 0 saturated carbocycles. The molecule has 1 aliphatic heterocycles. The van der Waals surface area contributed by atoms with Gasteiger partial charge in [-0.3, -0.25) is 13.9 Å². The molecule has 4 nitrogen and oxygen atoms in total.